The van der Waals surface area contributed by atoms with Gasteiger partial charge in [-0.2, -0.15) is 0 Å². The minimum Gasteiger partial charge on any atom is -0.466 e. The van der Waals surface area contributed by atoms with Crippen LogP contribution in [0.3, 0.4) is 0 Å². The molecule has 0 aromatic carbocycles. The molecular weight excluding hydrogens is 248 g/mol. The van der Waals surface area contributed by atoms with Crippen LogP contribution >= 0.6 is 0 Å². The maximum atomic E-state index is 12.0. The van der Waals surface area contributed by atoms with Crippen molar-refractivity contribution in [2.45, 2.75) is 66.7 Å². The molecule has 0 aromatic heterocycles. The number of ether oxygens (including phenoxy) is 1. The van der Waals surface area contributed by atoms with Crippen LogP contribution in [-0.2, 0) is 9.53 Å². The molecule has 2 rings (SSSR count). The van der Waals surface area contributed by atoms with Crippen LogP contribution in [0.25, 0.3) is 0 Å². The number of rotatable bonds is 3. The molecule has 116 valence electrons. The molecule has 2 saturated carbocycles. The van der Waals surface area contributed by atoms with Gasteiger partial charge >= 0.3 is 5.97 Å². The van der Waals surface area contributed by atoms with E-state index in [2.05, 4.69) is 27.7 Å². The first kappa shape index (κ1) is 15.9. The van der Waals surface area contributed by atoms with E-state index >= 15 is 0 Å². The van der Waals surface area contributed by atoms with Crippen molar-refractivity contribution >= 4 is 5.97 Å². The smallest absolute Gasteiger partial charge is 0.308 e. The van der Waals surface area contributed by atoms with Crippen molar-refractivity contribution in [2.75, 3.05) is 6.61 Å². The van der Waals surface area contributed by atoms with E-state index in [-0.39, 0.29) is 11.9 Å². The predicted molar refractivity (Wildman–Crippen MR) is 82.3 cm³/mol. The fourth-order valence-corrected chi connectivity index (χ4v) is 4.64. The van der Waals surface area contributed by atoms with Crippen molar-refractivity contribution in [3.05, 3.63) is 0 Å². The van der Waals surface area contributed by atoms with E-state index in [9.17, 15) is 4.79 Å². The number of carbonyl (C=O) groups excluding carboxylic acids is 1. The van der Waals surface area contributed by atoms with Gasteiger partial charge in [0.05, 0.1) is 12.5 Å². The zero-order chi connectivity index (χ0) is 14.9. The fourth-order valence-electron chi connectivity index (χ4n) is 4.64. The second-order valence-corrected chi connectivity index (χ2v) is 7.78. The number of carbonyl (C=O) groups is 1. The molecule has 2 heteroatoms. The van der Waals surface area contributed by atoms with E-state index in [0.29, 0.717) is 17.9 Å². The van der Waals surface area contributed by atoms with Gasteiger partial charge in [-0.3, -0.25) is 4.79 Å². The summed E-state index contributed by atoms with van der Waals surface area (Å²) in [6.45, 7) is 11.8. The average Bonchev–Trinajstić information content (AvgIpc) is 2.42. The van der Waals surface area contributed by atoms with Crippen molar-refractivity contribution in [1.29, 1.82) is 0 Å². The molecule has 0 heterocycles. The second kappa shape index (κ2) is 6.07. The molecule has 2 aliphatic carbocycles. The monoisotopic (exact) mass is 280 g/mol. The summed E-state index contributed by atoms with van der Waals surface area (Å²) in [6, 6.07) is 0. The molecule has 1 unspecified atom stereocenters. The number of fused-ring (bicyclic) bond motifs is 1. The van der Waals surface area contributed by atoms with E-state index in [1.54, 1.807) is 0 Å². The second-order valence-electron chi connectivity index (χ2n) is 7.78. The summed E-state index contributed by atoms with van der Waals surface area (Å²) in [5, 5.41) is 0. The summed E-state index contributed by atoms with van der Waals surface area (Å²) in [7, 11) is 0. The Labute approximate surface area is 124 Å². The zero-order valence-corrected chi connectivity index (χ0v) is 13.9. The summed E-state index contributed by atoms with van der Waals surface area (Å²) in [6.07, 6.45) is 6.53. The van der Waals surface area contributed by atoms with Gasteiger partial charge in [0, 0.05) is 0 Å². The average molecular weight is 280 g/mol. The first-order chi connectivity index (χ1) is 9.37. The van der Waals surface area contributed by atoms with Crippen molar-refractivity contribution in [3.63, 3.8) is 0 Å². The summed E-state index contributed by atoms with van der Waals surface area (Å²) in [5.74, 6) is 3.11. The van der Waals surface area contributed by atoms with Gasteiger partial charge in [-0.05, 0) is 68.1 Å². The highest BCUT2D eigenvalue weighted by molar-refractivity contribution is 5.72. The molecule has 0 amide bonds. The van der Waals surface area contributed by atoms with Crippen molar-refractivity contribution in [3.8, 4) is 0 Å². The van der Waals surface area contributed by atoms with Crippen LogP contribution in [0.15, 0.2) is 0 Å². The van der Waals surface area contributed by atoms with Gasteiger partial charge in [0.1, 0.15) is 0 Å². The van der Waals surface area contributed by atoms with Crippen LogP contribution in [0.1, 0.15) is 66.7 Å². The lowest BCUT2D eigenvalue weighted by molar-refractivity contribution is -0.151. The first-order valence-corrected chi connectivity index (χ1v) is 8.54. The van der Waals surface area contributed by atoms with Gasteiger partial charge in [-0.25, -0.2) is 0 Å². The van der Waals surface area contributed by atoms with Crippen LogP contribution < -0.4 is 0 Å². The largest absolute Gasteiger partial charge is 0.466 e. The van der Waals surface area contributed by atoms with Crippen LogP contribution in [0.4, 0.5) is 0 Å². The van der Waals surface area contributed by atoms with E-state index in [4.69, 9.17) is 4.74 Å². The van der Waals surface area contributed by atoms with E-state index in [1.165, 1.54) is 32.1 Å². The van der Waals surface area contributed by atoms with Crippen LogP contribution in [0.5, 0.6) is 0 Å². The minimum absolute atomic E-state index is 0.0117. The Kier molecular flexibility index (Phi) is 4.81. The van der Waals surface area contributed by atoms with Crippen molar-refractivity contribution < 1.29 is 9.53 Å². The van der Waals surface area contributed by atoms with Gasteiger partial charge in [-0.15, -0.1) is 0 Å². The summed E-state index contributed by atoms with van der Waals surface area (Å²) >= 11 is 0. The lowest BCUT2D eigenvalue weighted by Crippen LogP contribution is -2.45. The highest BCUT2D eigenvalue weighted by atomic mass is 16.5. The number of hydrogen-bond donors (Lipinski definition) is 0. The molecule has 0 N–H and O–H groups in total. The lowest BCUT2D eigenvalue weighted by atomic mass is 9.53. The zero-order valence-electron chi connectivity index (χ0n) is 13.9. The van der Waals surface area contributed by atoms with Gasteiger partial charge in [0.25, 0.3) is 0 Å². The summed E-state index contributed by atoms with van der Waals surface area (Å²) < 4.78 is 5.23. The van der Waals surface area contributed by atoms with Crippen LogP contribution in [0.2, 0.25) is 0 Å². The standard InChI is InChI=1S/C18H32O2/c1-6-20-17(19)13(3)15-10-9-14-8-7-12(2)18(4,5)16(14)11-15/h12-16H,6-11H2,1-5H3/t12-,13?,14+,15-,16-/m0/s1. The third-order valence-electron chi connectivity index (χ3n) is 6.60. The minimum atomic E-state index is 0.0117. The van der Waals surface area contributed by atoms with Crippen LogP contribution in [0, 0.1) is 35.0 Å². The van der Waals surface area contributed by atoms with Gasteiger partial charge in [0.15, 0.2) is 0 Å². The molecule has 0 bridgehead atoms. The molecule has 2 nitrogen and oxygen atoms in total. The SMILES string of the molecule is CCOC(=O)C(C)[C@H]1CC[C@H]2CC[C@H](C)C(C)(C)[C@H]2C1. The lowest BCUT2D eigenvalue weighted by Gasteiger charge is -2.52. The maximum absolute atomic E-state index is 12.0. The highest BCUT2D eigenvalue weighted by Gasteiger charge is 2.47. The van der Waals surface area contributed by atoms with Crippen LogP contribution in [-0.4, -0.2) is 12.6 Å². The summed E-state index contributed by atoms with van der Waals surface area (Å²) in [5.41, 5.74) is 0.427. The highest BCUT2D eigenvalue weighted by Crippen LogP contribution is 2.55. The van der Waals surface area contributed by atoms with E-state index < -0.39 is 0 Å². The molecule has 0 saturated heterocycles. The quantitative estimate of drug-likeness (QED) is 0.702. The topological polar surface area (TPSA) is 26.3 Å². The van der Waals surface area contributed by atoms with Gasteiger partial charge < -0.3 is 4.74 Å². The Bertz CT molecular complexity index is 347. The molecule has 2 aliphatic rings. The fraction of sp³-hybridized carbons (Fsp3) is 0.944. The maximum Gasteiger partial charge on any atom is 0.308 e. The number of hydrogen-bond acceptors (Lipinski definition) is 2. The van der Waals surface area contributed by atoms with Gasteiger partial charge in [-0.1, -0.05) is 27.7 Å². The predicted octanol–water partition coefficient (Wildman–Crippen LogP) is 4.67. The Hall–Kier alpha value is -0.530. The van der Waals surface area contributed by atoms with Gasteiger partial charge in [0.2, 0.25) is 0 Å². The van der Waals surface area contributed by atoms with Crippen molar-refractivity contribution in [2.24, 2.45) is 35.0 Å². The molecular formula is C18H32O2. The summed E-state index contributed by atoms with van der Waals surface area (Å²) in [4.78, 5) is 12.0. The molecule has 0 aliphatic heterocycles. The third-order valence-corrected chi connectivity index (χ3v) is 6.60. The number of esters is 1. The molecule has 5 atom stereocenters. The molecule has 2 fully saturated rings. The molecule has 0 aromatic rings. The Balaban J connectivity index is 2.05. The Morgan fingerprint density at radius 1 is 1.25 bits per heavy atom. The molecule has 0 spiro atoms. The van der Waals surface area contributed by atoms with E-state index in [0.717, 1.165) is 17.8 Å². The Morgan fingerprint density at radius 2 is 1.90 bits per heavy atom. The molecule has 0 radical (unpaired) electrons. The Morgan fingerprint density at radius 3 is 2.55 bits per heavy atom. The molecule has 20 heavy (non-hydrogen) atoms. The third kappa shape index (κ3) is 2.89. The normalized spacial score (nSPS) is 37.9. The first-order valence-electron chi connectivity index (χ1n) is 8.54. The van der Waals surface area contributed by atoms with Crippen molar-refractivity contribution in [1.82, 2.24) is 0 Å². The van der Waals surface area contributed by atoms with E-state index in [1.807, 2.05) is 6.92 Å².